The average Bonchev–Trinajstić information content (AvgIpc) is 3.21. The van der Waals surface area contributed by atoms with Crippen molar-refractivity contribution in [3.05, 3.63) is 83.0 Å². The van der Waals surface area contributed by atoms with Gasteiger partial charge < -0.3 is 18.9 Å². The minimum atomic E-state index is -0.827. The van der Waals surface area contributed by atoms with Crippen molar-refractivity contribution in [2.45, 2.75) is 26.8 Å². The number of hydrogen-bond donors (Lipinski definition) is 0. The van der Waals surface area contributed by atoms with Crippen LogP contribution in [-0.2, 0) is 9.53 Å². The van der Waals surface area contributed by atoms with Crippen LogP contribution in [0.2, 0.25) is 0 Å². The first-order chi connectivity index (χ1) is 18.8. The number of carbonyl (C=O) groups excluding carboxylic acids is 1. The summed E-state index contributed by atoms with van der Waals surface area (Å²) >= 11 is 4.83. The largest absolute Gasteiger partial charge is 0.493 e. The Balaban J connectivity index is 1.94. The highest BCUT2D eigenvalue weighted by Crippen LogP contribution is 2.41. The van der Waals surface area contributed by atoms with Gasteiger partial charge in [-0.15, -0.1) is 0 Å². The zero-order valence-electron chi connectivity index (χ0n) is 21.8. The molecular weight excluding hydrogens is 586 g/mol. The standard InChI is InChI=1S/C28H26BrN3O6S/c1-5-36-22-15-20(29)19(14-21(22)35-4)25-24(27(34)37-6-2)16(3)31-28-32(25)26(33)23(39-28)13-17-8-7-9-18(12-17)38-11-10-30/h7-9,12-15,25H,5-6,11H2,1-4H3/b23-13+/t25-/m1/s1. The van der Waals surface area contributed by atoms with E-state index in [1.165, 1.54) is 23.0 Å². The predicted molar refractivity (Wildman–Crippen MR) is 150 cm³/mol. The Morgan fingerprint density at radius 2 is 2.00 bits per heavy atom. The van der Waals surface area contributed by atoms with Gasteiger partial charge in [0.05, 0.1) is 42.2 Å². The lowest BCUT2D eigenvalue weighted by atomic mass is 9.95. The number of thiazole rings is 1. The number of aromatic nitrogens is 1. The Morgan fingerprint density at radius 1 is 1.21 bits per heavy atom. The summed E-state index contributed by atoms with van der Waals surface area (Å²) in [5, 5.41) is 8.80. The minimum absolute atomic E-state index is 0.0814. The molecule has 0 saturated carbocycles. The number of fused-ring (bicyclic) bond motifs is 1. The lowest BCUT2D eigenvalue weighted by molar-refractivity contribution is -0.139. The van der Waals surface area contributed by atoms with Crippen molar-refractivity contribution in [1.82, 2.24) is 4.57 Å². The molecule has 202 valence electrons. The number of methoxy groups -OCH3 is 1. The molecule has 0 saturated heterocycles. The molecule has 9 nitrogen and oxygen atoms in total. The van der Waals surface area contributed by atoms with Crippen LogP contribution in [0.25, 0.3) is 6.08 Å². The summed E-state index contributed by atoms with van der Waals surface area (Å²) in [6.07, 6.45) is 1.73. The second-order valence-electron chi connectivity index (χ2n) is 8.28. The summed E-state index contributed by atoms with van der Waals surface area (Å²) in [5.41, 5.74) is 1.73. The normalized spacial score (nSPS) is 14.8. The molecule has 0 amide bonds. The molecular formula is C28H26BrN3O6S. The summed E-state index contributed by atoms with van der Waals surface area (Å²) in [6, 6.07) is 11.7. The van der Waals surface area contributed by atoms with Gasteiger partial charge in [-0.25, -0.2) is 9.79 Å². The number of hydrogen-bond acceptors (Lipinski definition) is 9. The maximum absolute atomic E-state index is 13.9. The topological polar surface area (TPSA) is 112 Å². The lowest BCUT2D eigenvalue weighted by Crippen LogP contribution is -2.40. The molecule has 1 atom stereocenters. The smallest absolute Gasteiger partial charge is 0.338 e. The maximum atomic E-state index is 13.9. The molecule has 3 aromatic rings. The summed E-state index contributed by atoms with van der Waals surface area (Å²) in [6.45, 7) is 5.85. The van der Waals surface area contributed by atoms with Crippen molar-refractivity contribution in [3.63, 3.8) is 0 Å². The highest BCUT2D eigenvalue weighted by atomic mass is 79.9. The van der Waals surface area contributed by atoms with E-state index in [2.05, 4.69) is 20.9 Å². The van der Waals surface area contributed by atoms with Crippen LogP contribution in [0.3, 0.4) is 0 Å². The van der Waals surface area contributed by atoms with E-state index in [-0.39, 0.29) is 24.3 Å². The van der Waals surface area contributed by atoms with Gasteiger partial charge in [0.1, 0.15) is 11.8 Å². The molecule has 0 N–H and O–H groups in total. The molecule has 1 aromatic heterocycles. The monoisotopic (exact) mass is 611 g/mol. The number of rotatable bonds is 9. The summed E-state index contributed by atoms with van der Waals surface area (Å²) in [5.74, 6) is 0.950. The molecule has 1 aliphatic rings. The fourth-order valence-corrected chi connectivity index (χ4v) is 5.82. The molecule has 0 fully saturated rings. The van der Waals surface area contributed by atoms with Crippen LogP contribution in [0.5, 0.6) is 17.2 Å². The maximum Gasteiger partial charge on any atom is 0.338 e. The molecule has 2 heterocycles. The molecule has 0 aliphatic carbocycles. The fourth-order valence-electron chi connectivity index (χ4n) is 4.24. The van der Waals surface area contributed by atoms with E-state index >= 15 is 0 Å². The van der Waals surface area contributed by atoms with Gasteiger partial charge in [-0.3, -0.25) is 9.36 Å². The van der Waals surface area contributed by atoms with E-state index in [0.29, 0.717) is 48.9 Å². The Bertz CT molecular complexity index is 1670. The highest BCUT2D eigenvalue weighted by Gasteiger charge is 2.35. The molecule has 11 heteroatoms. The second kappa shape index (κ2) is 12.3. The molecule has 4 rings (SSSR count). The molecule has 39 heavy (non-hydrogen) atoms. The first-order valence-corrected chi connectivity index (χ1v) is 13.7. The van der Waals surface area contributed by atoms with Crippen LogP contribution in [-0.4, -0.2) is 37.5 Å². The van der Waals surface area contributed by atoms with Gasteiger partial charge in [-0.2, -0.15) is 5.26 Å². The van der Waals surface area contributed by atoms with E-state index in [0.717, 1.165) is 5.56 Å². The number of benzene rings is 2. The number of allylic oxidation sites excluding steroid dienone is 1. The third kappa shape index (κ3) is 5.77. The van der Waals surface area contributed by atoms with Crippen LogP contribution in [0.15, 0.2) is 61.9 Å². The van der Waals surface area contributed by atoms with Crippen molar-refractivity contribution in [2.75, 3.05) is 26.9 Å². The minimum Gasteiger partial charge on any atom is -0.493 e. The number of halogens is 1. The van der Waals surface area contributed by atoms with Gasteiger partial charge in [0, 0.05) is 4.47 Å². The van der Waals surface area contributed by atoms with Gasteiger partial charge in [0.2, 0.25) is 0 Å². The molecule has 2 aromatic carbocycles. The van der Waals surface area contributed by atoms with Gasteiger partial charge in [-0.05, 0) is 62.2 Å². The third-order valence-corrected chi connectivity index (χ3v) is 7.52. The Morgan fingerprint density at radius 3 is 2.69 bits per heavy atom. The number of ether oxygens (including phenoxy) is 4. The SMILES string of the molecule is CCOC(=O)C1=C(C)N=c2s/c(=C/c3cccc(OCC#N)c3)c(=O)n2[C@@H]1c1cc(OC)c(OCC)cc1Br. The number of esters is 1. The average molecular weight is 613 g/mol. The van der Waals surface area contributed by atoms with E-state index in [4.69, 9.17) is 24.2 Å². The zero-order valence-corrected chi connectivity index (χ0v) is 24.2. The number of nitrogens with zero attached hydrogens (tertiary/aromatic N) is 3. The molecule has 1 aliphatic heterocycles. The quantitative estimate of drug-likeness (QED) is 0.338. The van der Waals surface area contributed by atoms with Crippen LogP contribution in [0.1, 0.15) is 37.9 Å². The highest BCUT2D eigenvalue weighted by molar-refractivity contribution is 9.10. The number of nitriles is 1. The van der Waals surface area contributed by atoms with E-state index < -0.39 is 12.0 Å². The molecule has 0 unspecified atom stereocenters. The van der Waals surface area contributed by atoms with E-state index in [9.17, 15) is 9.59 Å². The molecule has 0 radical (unpaired) electrons. The first-order valence-electron chi connectivity index (χ1n) is 12.1. The Kier molecular flexibility index (Phi) is 8.89. The predicted octanol–water partition coefficient (Wildman–Crippen LogP) is 3.87. The van der Waals surface area contributed by atoms with Crippen LogP contribution in [0.4, 0.5) is 0 Å². The van der Waals surface area contributed by atoms with E-state index in [1.807, 2.05) is 19.1 Å². The summed E-state index contributed by atoms with van der Waals surface area (Å²) in [7, 11) is 1.53. The Hall–Kier alpha value is -3.88. The van der Waals surface area contributed by atoms with Crippen LogP contribution >= 0.6 is 27.3 Å². The van der Waals surface area contributed by atoms with Gasteiger partial charge in [0.15, 0.2) is 22.9 Å². The second-order valence-corrected chi connectivity index (χ2v) is 10.1. The van der Waals surface area contributed by atoms with Gasteiger partial charge >= 0.3 is 5.97 Å². The first kappa shape index (κ1) is 28.1. The van der Waals surface area contributed by atoms with Crippen molar-refractivity contribution in [3.8, 4) is 23.3 Å². The van der Waals surface area contributed by atoms with Crippen molar-refractivity contribution in [2.24, 2.45) is 4.99 Å². The third-order valence-electron chi connectivity index (χ3n) is 5.85. The van der Waals surface area contributed by atoms with Crippen molar-refractivity contribution >= 4 is 39.3 Å². The van der Waals surface area contributed by atoms with E-state index in [1.54, 1.807) is 50.3 Å². The molecule has 0 bridgehead atoms. The molecule has 0 spiro atoms. The van der Waals surface area contributed by atoms with Gasteiger partial charge in [0.25, 0.3) is 5.56 Å². The number of carbonyl (C=O) groups is 1. The summed E-state index contributed by atoms with van der Waals surface area (Å²) < 4.78 is 24.6. The van der Waals surface area contributed by atoms with Crippen LogP contribution in [0, 0.1) is 11.3 Å². The lowest BCUT2D eigenvalue weighted by Gasteiger charge is -2.26. The van der Waals surface area contributed by atoms with Crippen LogP contribution < -0.4 is 29.1 Å². The summed E-state index contributed by atoms with van der Waals surface area (Å²) in [4.78, 5) is 32.1. The fraction of sp³-hybridized carbons (Fsp3) is 0.286. The van der Waals surface area contributed by atoms with Crippen molar-refractivity contribution in [1.29, 1.82) is 5.26 Å². The zero-order chi connectivity index (χ0) is 28.1. The van der Waals surface area contributed by atoms with Crippen molar-refractivity contribution < 1.29 is 23.7 Å². The van der Waals surface area contributed by atoms with Gasteiger partial charge in [-0.1, -0.05) is 39.4 Å². The Labute approximate surface area is 237 Å².